The van der Waals surface area contributed by atoms with Crippen LogP contribution in [-0.4, -0.2) is 18.2 Å². The van der Waals surface area contributed by atoms with E-state index in [0.29, 0.717) is 6.61 Å². The number of halogens is 1. The lowest BCUT2D eigenvalue weighted by atomic mass is 9.68. The summed E-state index contributed by atoms with van der Waals surface area (Å²) in [6.07, 6.45) is 4.54. The number of carboxylic acid groups (broad SMARTS) is 1. The third-order valence-electron chi connectivity index (χ3n) is 4.00. The predicted octanol–water partition coefficient (Wildman–Crippen LogP) is 3.88. The predicted molar refractivity (Wildman–Crippen MR) is 77.3 cm³/mol. The second-order valence-electron chi connectivity index (χ2n) is 5.18. The number of carboxylic acids is 1. The molecule has 1 saturated carbocycles. The van der Waals surface area contributed by atoms with Crippen molar-refractivity contribution in [1.29, 1.82) is 0 Å². The Labute approximate surface area is 122 Å². The topological polar surface area (TPSA) is 46.5 Å². The van der Waals surface area contributed by atoms with E-state index in [1.165, 1.54) is 0 Å². The average Bonchev–Trinajstić information content (AvgIpc) is 2.40. The molecule has 2 rings (SSSR count). The van der Waals surface area contributed by atoms with Crippen molar-refractivity contribution in [3.05, 3.63) is 33.8 Å². The maximum absolute atomic E-state index is 11.9. The van der Waals surface area contributed by atoms with Gasteiger partial charge in [0.2, 0.25) is 0 Å². The van der Waals surface area contributed by atoms with Gasteiger partial charge in [0, 0.05) is 11.6 Å². The third-order valence-corrected chi connectivity index (χ3v) is 4.49. The minimum absolute atomic E-state index is 0.448. The highest BCUT2D eigenvalue weighted by molar-refractivity contribution is 9.10. The van der Waals surface area contributed by atoms with Crippen molar-refractivity contribution in [3.8, 4) is 0 Å². The van der Waals surface area contributed by atoms with E-state index in [4.69, 9.17) is 4.74 Å². The van der Waals surface area contributed by atoms with Gasteiger partial charge in [0.05, 0.1) is 12.0 Å². The molecule has 0 atom stereocenters. The first kappa shape index (κ1) is 14.5. The van der Waals surface area contributed by atoms with Gasteiger partial charge in [-0.3, -0.25) is 4.79 Å². The zero-order valence-electron chi connectivity index (χ0n) is 11.1. The molecule has 0 radical (unpaired) electrons. The summed E-state index contributed by atoms with van der Waals surface area (Å²) in [6.45, 7) is 0.448. The first-order chi connectivity index (χ1) is 9.10. The lowest BCUT2D eigenvalue weighted by Crippen LogP contribution is -2.38. The van der Waals surface area contributed by atoms with Gasteiger partial charge in [-0.1, -0.05) is 41.3 Å². The van der Waals surface area contributed by atoms with Crippen LogP contribution in [0.2, 0.25) is 0 Å². The van der Waals surface area contributed by atoms with Crippen LogP contribution in [0.5, 0.6) is 0 Å². The van der Waals surface area contributed by atoms with E-state index in [1.54, 1.807) is 7.11 Å². The van der Waals surface area contributed by atoms with Gasteiger partial charge in [0.25, 0.3) is 0 Å². The Hall–Kier alpha value is -0.870. The van der Waals surface area contributed by atoms with E-state index in [0.717, 1.165) is 47.7 Å². The number of carbonyl (C=O) groups is 1. The molecular weight excluding hydrogens is 308 g/mol. The maximum atomic E-state index is 11.9. The maximum Gasteiger partial charge on any atom is 0.314 e. The molecule has 0 saturated heterocycles. The largest absolute Gasteiger partial charge is 0.481 e. The Balaban J connectivity index is 2.49. The summed E-state index contributed by atoms with van der Waals surface area (Å²) in [5.41, 5.74) is 1.17. The molecule has 0 unspecified atom stereocenters. The quantitative estimate of drug-likeness (QED) is 0.913. The van der Waals surface area contributed by atoms with E-state index in [2.05, 4.69) is 15.9 Å². The molecule has 0 amide bonds. The molecule has 0 heterocycles. The second kappa shape index (κ2) is 6.06. The van der Waals surface area contributed by atoms with Crippen molar-refractivity contribution in [2.75, 3.05) is 7.11 Å². The standard InChI is InChI=1S/C15H19BrO3/c1-19-10-11-9-12(16)5-6-13(11)15(14(17)18)7-3-2-4-8-15/h5-6,9H,2-4,7-8,10H2,1H3,(H,17,18). The number of methoxy groups -OCH3 is 1. The van der Waals surface area contributed by atoms with E-state index in [9.17, 15) is 9.90 Å². The summed E-state index contributed by atoms with van der Waals surface area (Å²) >= 11 is 3.44. The van der Waals surface area contributed by atoms with Gasteiger partial charge in [0.1, 0.15) is 0 Å². The number of hydrogen-bond donors (Lipinski definition) is 1. The Kier molecular flexibility index (Phi) is 4.63. The molecule has 104 valence electrons. The summed E-state index contributed by atoms with van der Waals surface area (Å²) in [5.74, 6) is -0.702. The van der Waals surface area contributed by atoms with Crippen LogP contribution >= 0.6 is 15.9 Å². The lowest BCUT2D eigenvalue weighted by Gasteiger charge is -2.35. The minimum Gasteiger partial charge on any atom is -0.481 e. The molecule has 1 aromatic rings. The number of benzene rings is 1. The third kappa shape index (κ3) is 2.84. The molecule has 0 aromatic heterocycles. The smallest absolute Gasteiger partial charge is 0.314 e. The van der Waals surface area contributed by atoms with E-state index < -0.39 is 11.4 Å². The Morgan fingerprint density at radius 3 is 2.63 bits per heavy atom. The Morgan fingerprint density at radius 2 is 2.05 bits per heavy atom. The first-order valence-electron chi connectivity index (χ1n) is 6.61. The highest BCUT2D eigenvalue weighted by Gasteiger charge is 2.42. The van der Waals surface area contributed by atoms with Gasteiger partial charge in [-0.15, -0.1) is 0 Å². The summed E-state index contributed by atoms with van der Waals surface area (Å²) in [5, 5.41) is 9.75. The van der Waals surface area contributed by atoms with Gasteiger partial charge >= 0.3 is 5.97 Å². The van der Waals surface area contributed by atoms with Crippen LogP contribution in [-0.2, 0) is 21.6 Å². The highest BCUT2D eigenvalue weighted by atomic mass is 79.9. The fourth-order valence-electron chi connectivity index (χ4n) is 3.06. The van der Waals surface area contributed by atoms with Crippen molar-refractivity contribution in [3.63, 3.8) is 0 Å². The molecule has 0 bridgehead atoms. The summed E-state index contributed by atoms with van der Waals surface area (Å²) in [4.78, 5) is 11.9. The van der Waals surface area contributed by atoms with Gasteiger partial charge < -0.3 is 9.84 Å². The monoisotopic (exact) mass is 326 g/mol. The number of ether oxygens (including phenoxy) is 1. The van der Waals surface area contributed by atoms with E-state index in [-0.39, 0.29) is 0 Å². The van der Waals surface area contributed by atoms with Crippen LogP contribution in [0.1, 0.15) is 43.2 Å². The van der Waals surface area contributed by atoms with Gasteiger partial charge in [-0.25, -0.2) is 0 Å². The zero-order chi connectivity index (χ0) is 13.9. The minimum atomic E-state index is -0.729. The average molecular weight is 327 g/mol. The van der Waals surface area contributed by atoms with Crippen LogP contribution in [0.4, 0.5) is 0 Å². The van der Waals surface area contributed by atoms with E-state index in [1.807, 2.05) is 18.2 Å². The summed E-state index contributed by atoms with van der Waals surface area (Å²) < 4.78 is 6.18. The Bertz CT molecular complexity index is 464. The second-order valence-corrected chi connectivity index (χ2v) is 6.10. The van der Waals surface area contributed by atoms with Crippen LogP contribution in [0.25, 0.3) is 0 Å². The van der Waals surface area contributed by atoms with Gasteiger partial charge in [-0.2, -0.15) is 0 Å². The molecule has 1 aromatic carbocycles. The normalized spacial score (nSPS) is 18.2. The van der Waals surface area contributed by atoms with Crippen molar-refractivity contribution < 1.29 is 14.6 Å². The Morgan fingerprint density at radius 1 is 1.37 bits per heavy atom. The molecule has 0 spiro atoms. The molecule has 1 aliphatic carbocycles. The van der Waals surface area contributed by atoms with E-state index >= 15 is 0 Å². The van der Waals surface area contributed by atoms with Crippen LogP contribution < -0.4 is 0 Å². The lowest BCUT2D eigenvalue weighted by molar-refractivity contribution is -0.145. The number of hydrogen-bond acceptors (Lipinski definition) is 2. The SMILES string of the molecule is COCc1cc(Br)ccc1C1(C(=O)O)CCCCC1. The van der Waals surface area contributed by atoms with Crippen molar-refractivity contribution in [1.82, 2.24) is 0 Å². The molecular formula is C15H19BrO3. The molecule has 3 nitrogen and oxygen atoms in total. The number of aliphatic carboxylic acids is 1. The van der Waals surface area contributed by atoms with Gasteiger partial charge in [-0.05, 0) is 36.1 Å². The fourth-order valence-corrected chi connectivity index (χ4v) is 3.47. The molecule has 4 heteroatoms. The zero-order valence-corrected chi connectivity index (χ0v) is 12.7. The van der Waals surface area contributed by atoms with Crippen molar-refractivity contribution in [2.45, 2.75) is 44.1 Å². The van der Waals surface area contributed by atoms with Crippen molar-refractivity contribution >= 4 is 21.9 Å². The molecule has 0 aliphatic heterocycles. The van der Waals surface area contributed by atoms with Gasteiger partial charge in [0.15, 0.2) is 0 Å². The molecule has 1 fully saturated rings. The van der Waals surface area contributed by atoms with Crippen molar-refractivity contribution in [2.24, 2.45) is 0 Å². The highest BCUT2D eigenvalue weighted by Crippen LogP contribution is 2.42. The first-order valence-corrected chi connectivity index (χ1v) is 7.41. The summed E-state index contributed by atoms with van der Waals surface area (Å²) in [7, 11) is 1.64. The van der Waals surface area contributed by atoms with Crippen LogP contribution in [0, 0.1) is 0 Å². The van der Waals surface area contributed by atoms with Crippen LogP contribution in [0.15, 0.2) is 22.7 Å². The molecule has 1 N–H and O–H groups in total. The van der Waals surface area contributed by atoms with Crippen LogP contribution in [0.3, 0.4) is 0 Å². The fraction of sp³-hybridized carbons (Fsp3) is 0.533. The molecule has 1 aliphatic rings. The number of rotatable bonds is 4. The summed E-state index contributed by atoms with van der Waals surface area (Å²) in [6, 6.07) is 5.84. The molecule has 19 heavy (non-hydrogen) atoms.